The van der Waals surface area contributed by atoms with Crippen molar-refractivity contribution in [2.75, 3.05) is 30.3 Å². The first-order chi connectivity index (χ1) is 13.0. The summed E-state index contributed by atoms with van der Waals surface area (Å²) in [7, 11) is 0. The van der Waals surface area contributed by atoms with Crippen LogP contribution in [0.15, 0.2) is 48.5 Å². The second-order valence-electron chi connectivity index (χ2n) is 8.00. The van der Waals surface area contributed by atoms with Gasteiger partial charge in [-0.1, -0.05) is 44.2 Å². The molecular weight excluding hydrogens is 334 g/mol. The lowest BCUT2D eigenvalue weighted by Crippen LogP contribution is -2.36. The fraction of sp³-hybridized carbons (Fsp3) is 0.435. The van der Waals surface area contributed by atoms with E-state index in [4.69, 9.17) is 5.73 Å². The topological polar surface area (TPSA) is 58.4 Å². The highest BCUT2D eigenvalue weighted by Crippen LogP contribution is 2.29. The molecule has 4 heteroatoms. The van der Waals surface area contributed by atoms with Gasteiger partial charge in [-0.15, -0.1) is 0 Å². The first kappa shape index (κ1) is 19.3. The minimum Gasteiger partial charge on any atom is -0.399 e. The number of nitrogens with zero attached hydrogens (tertiary/aromatic N) is 1. The lowest BCUT2D eigenvalue weighted by molar-refractivity contribution is 0.0949. The summed E-state index contributed by atoms with van der Waals surface area (Å²) < 4.78 is 0. The van der Waals surface area contributed by atoms with Crippen molar-refractivity contribution < 1.29 is 4.79 Å². The lowest BCUT2D eigenvalue weighted by atomic mass is 9.89. The monoisotopic (exact) mass is 365 g/mol. The third-order valence-electron chi connectivity index (χ3n) is 5.26. The Balaban J connectivity index is 1.66. The largest absolute Gasteiger partial charge is 0.399 e. The molecule has 1 heterocycles. The predicted molar refractivity (Wildman–Crippen MR) is 113 cm³/mol. The van der Waals surface area contributed by atoms with Crippen LogP contribution in [0.2, 0.25) is 0 Å². The molecule has 1 saturated heterocycles. The van der Waals surface area contributed by atoms with Crippen LogP contribution in [-0.4, -0.2) is 25.5 Å². The number of nitrogen functional groups attached to an aromatic ring is 1. The molecule has 1 fully saturated rings. The number of nitrogens with one attached hydrogen (secondary N) is 1. The normalized spacial score (nSPS) is 15.1. The van der Waals surface area contributed by atoms with E-state index >= 15 is 0 Å². The van der Waals surface area contributed by atoms with E-state index in [1.807, 2.05) is 12.1 Å². The molecule has 1 aliphatic rings. The maximum atomic E-state index is 12.7. The van der Waals surface area contributed by atoms with Crippen molar-refractivity contribution in [3.63, 3.8) is 0 Å². The number of rotatable bonds is 6. The molecule has 3 N–H and O–H groups in total. The van der Waals surface area contributed by atoms with Gasteiger partial charge in [0.25, 0.3) is 5.91 Å². The van der Waals surface area contributed by atoms with Crippen LogP contribution in [0.25, 0.3) is 0 Å². The van der Waals surface area contributed by atoms with E-state index in [9.17, 15) is 4.79 Å². The number of amides is 1. The molecule has 0 bridgehead atoms. The zero-order valence-electron chi connectivity index (χ0n) is 16.4. The van der Waals surface area contributed by atoms with Gasteiger partial charge in [-0.25, -0.2) is 0 Å². The molecule has 0 aliphatic carbocycles. The lowest BCUT2D eigenvalue weighted by Gasteiger charge is -2.34. The molecule has 0 unspecified atom stereocenters. The van der Waals surface area contributed by atoms with Crippen LogP contribution in [0.1, 0.15) is 42.6 Å². The van der Waals surface area contributed by atoms with Crippen molar-refractivity contribution in [3.05, 3.63) is 59.7 Å². The van der Waals surface area contributed by atoms with Gasteiger partial charge >= 0.3 is 0 Å². The minimum absolute atomic E-state index is 0.0302. The van der Waals surface area contributed by atoms with Gasteiger partial charge in [0.05, 0.1) is 5.56 Å². The number of hydrogen-bond acceptors (Lipinski definition) is 3. The zero-order chi connectivity index (χ0) is 19.2. The Labute approximate surface area is 162 Å². The Morgan fingerprint density at radius 1 is 1.15 bits per heavy atom. The van der Waals surface area contributed by atoms with Gasteiger partial charge in [0.1, 0.15) is 0 Å². The standard InChI is InChI=1S/C23H31N3O/c1-17(2)16-25-23(27)21-15-20(24)8-9-22(21)26-12-10-19(11-13-26)14-18-6-4-3-5-7-18/h3-9,15,17,19H,10-14,16,24H2,1-2H3,(H,25,27). The van der Waals surface area contributed by atoms with Gasteiger partial charge in [0.2, 0.25) is 0 Å². The zero-order valence-corrected chi connectivity index (χ0v) is 16.4. The minimum atomic E-state index is -0.0302. The molecule has 1 aliphatic heterocycles. The van der Waals surface area contributed by atoms with E-state index in [0.29, 0.717) is 29.6 Å². The Morgan fingerprint density at radius 2 is 1.85 bits per heavy atom. The van der Waals surface area contributed by atoms with E-state index in [1.165, 1.54) is 5.56 Å². The van der Waals surface area contributed by atoms with Crippen molar-refractivity contribution in [2.45, 2.75) is 33.1 Å². The summed E-state index contributed by atoms with van der Waals surface area (Å²) in [5, 5.41) is 3.03. The van der Waals surface area contributed by atoms with Crippen molar-refractivity contribution in [1.29, 1.82) is 0 Å². The average molecular weight is 366 g/mol. The summed E-state index contributed by atoms with van der Waals surface area (Å²) in [6, 6.07) is 16.4. The van der Waals surface area contributed by atoms with Crippen molar-refractivity contribution in [1.82, 2.24) is 5.32 Å². The van der Waals surface area contributed by atoms with E-state index in [0.717, 1.165) is 38.0 Å². The van der Waals surface area contributed by atoms with Crippen LogP contribution in [-0.2, 0) is 6.42 Å². The van der Waals surface area contributed by atoms with Crippen molar-refractivity contribution in [3.8, 4) is 0 Å². The first-order valence-corrected chi connectivity index (χ1v) is 9.99. The van der Waals surface area contributed by atoms with Crippen molar-refractivity contribution >= 4 is 17.3 Å². The Hall–Kier alpha value is -2.49. The summed E-state index contributed by atoms with van der Waals surface area (Å²) in [4.78, 5) is 15.0. The van der Waals surface area contributed by atoms with E-state index in [2.05, 4.69) is 54.4 Å². The smallest absolute Gasteiger partial charge is 0.253 e. The Morgan fingerprint density at radius 3 is 2.52 bits per heavy atom. The molecule has 2 aromatic rings. The van der Waals surface area contributed by atoms with Gasteiger partial charge in [-0.2, -0.15) is 0 Å². The van der Waals surface area contributed by atoms with E-state index in [1.54, 1.807) is 6.07 Å². The first-order valence-electron chi connectivity index (χ1n) is 9.99. The van der Waals surface area contributed by atoms with Gasteiger partial charge in [-0.3, -0.25) is 4.79 Å². The predicted octanol–water partition coefficient (Wildman–Crippen LogP) is 4.11. The molecule has 0 radical (unpaired) electrons. The van der Waals surface area contributed by atoms with Crippen LogP contribution < -0.4 is 16.0 Å². The van der Waals surface area contributed by atoms with Gasteiger partial charge < -0.3 is 16.0 Å². The molecular formula is C23H31N3O. The third-order valence-corrected chi connectivity index (χ3v) is 5.26. The summed E-state index contributed by atoms with van der Waals surface area (Å²) in [5.41, 5.74) is 9.70. The van der Waals surface area contributed by atoms with Crippen LogP contribution in [0.3, 0.4) is 0 Å². The van der Waals surface area contributed by atoms with Gasteiger partial charge in [0.15, 0.2) is 0 Å². The molecule has 27 heavy (non-hydrogen) atoms. The van der Waals surface area contributed by atoms with Crippen LogP contribution in [0.5, 0.6) is 0 Å². The molecule has 4 nitrogen and oxygen atoms in total. The number of hydrogen-bond donors (Lipinski definition) is 2. The highest BCUT2D eigenvalue weighted by molar-refractivity contribution is 6.00. The highest BCUT2D eigenvalue weighted by atomic mass is 16.1. The van der Waals surface area contributed by atoms with E-state index in [-0.39, 0.29) is 5.91 Å². The summed E-state index contributed by atoms with van der Waals surface area (Å²) in [5.74, 6) is 1.10. The number of piperidine rings is 1. The van der Waals surface area contributed by atoms with E-state index < -0.39 is 0 Å². The molecule has 2 aromatic carbocycles. The number of nitrogens with two attached hydrogens (primary N) is 1. The number of carbonyl (C=O) groups excluding carboxylic acids is 1. The average Bonchev–Trinajstić information content (AvgIpc) is 2.67. The van der Waals surface area contributed by atoms with Crippen LogP contribution in [0.4, 0.5) is 11.4 Å². The van der Waals surface area contributed by atoms with Crippen molar-refractivity contribution in [2.24, 2.45) is 11.8 Å². The summed E-state index contributed by atoms with van der Waals surface area (Å²) in [6.07, 6.45) is 3.43. The maximum Gasteiger partial charge on any atom is 0.253 e. The van der Waals surface area contributed by atoms with Gasteiger partial charge in [0, 0.05) is 31.0 Å². The highest BCUT2D eigenvalue weighted by Gasteiger charge is 2.23. The van der Waals surface area contributed by atoms with Crippen LogP contribution >= 0.6 is 0 Å². The Bertz CT molecular complexity index is 749. The Kier molecular flexibility index (Phi) is 6.38. The molecule has 1 amide bonds. The third kappa shape index (κ3) is 5.25. The molecule has 0 spiro atoms. The molecule has 3 rings (SSSR count). The fourth-order valence-corrected chi connectivity index (χ4v) is 3.73. The number of anilines is 2. The van der Waals surface area contributed by atoms with Crippen LogP contribution in [0, 0.1) is 11.8 Å². The molecule has 0 atom stereocenters. The fourth-order valence-electron chi connectivity index (χ4n) is 3.73. The summed E-state index contributed by atoms with van der Waals surface area (Å²) in [6.45, 7) is 6.82. The quantitative estimate of drug-likeness (QED) is 0.757. The number of carbonyl (C=O) groups is 1. The molecule has 0 saturated carbocycles. The second-order valence-corrected chi connectivity index (χ2v) is 8.00. The summed E-state index contributed by atoms with van der Waals surface area (Å²) >= 11 is 0. The SMILES string of the molecule is CC(C)CNC(=O)c1cc(N)ccc1N1CCC(Cc2ccccc2)CC1. The second kappa shape index (κ2) is 8.94. The number of benzene rings is 2. The molecule has 0 aromatic heterocycles. The van der Waals surface area contributed by atoms with Gasteiger partial charge in [-0.05, 0) is 54.9 Å². The molecule has 144 valence electrons. The maximum absolute atomic E-state index is 12.7.